The van der Waals surface area contributed by atoms with Crippen LogP contribution in [-0.4, -0.2) is 21.3 Å². The summed E-state index contributed by atoms with van der Waals surface area (Å²) in [5, 5.41) is 13.4. The van der Waals surface area contributed by atoms with Crippen molar-refractivity contribution in [2.45, 2.75) is 26.1 Å². The van der Waals surface area contributed by atoms with E-state index in [2.05, 4.69) is 25.8 Å². The molecular formula is C19H18F3N5O. The normalized spacial score (nSPS) is 11.4. The molecule has 1 heterocycles. The van der Waals surface area contributed by atoms with Crippen LogP contribution in [0.5, 0.6) is 5.75 Å². The van der Waals surface area contributed by atoms with Gasteiger partial charge in [-0.3, -0.25) is 0 Å². The summed E-state index contributed by atoms with van der Waals surface area (Å²) in [4.78, 5) is 4.22. The van der Waals surface area contributed by atoms with Gasteiger partial charge in [0.2, 0.25) is 5.95 Å². The minimum atomic E-state index is -4.42. The summed E-state index contributed by atoms with van der Waals surface area (Å²) in [6, 6.07) is 12.1. The maximum atomic E-state index is 12.8. The predicted molar refractivity (Wildman–Crippen MR) is 100 cm³/mol. The quantitative estimate of drug-likeness (QED) is 0.606. The molecule has 0 saturated heterocycles. The van der Waals surface area contributed by atoms with Crippen LogP contribution in [0.4, 0.5) is 36.3 Å². The molecule has 0 amide bonds. The molecule has 28 heavy (non-hydrogen) atoms. The number of alkyl halides is 3. The van der Waals surface area contributed by atoms with Crippen molar-refractivity contribution in [2.75, 3.05) is 10.6 Å². The second-order valence-corrected chi connectivity index (χ2v) is 6.18. The van der Waals surface area contributed by atoms with Crippen LogP contribution in [0.15, 0.2) is 54.7 Å². The van der Waals surface area contributed by atoms with Gasteiger partial charge in [-0.2, -0.15) is 23.3 Å². The lowest BCUT2D eigenvalue weighted by molar-refractivity contribution is -0.137. The Labute approximate surface area is 159 Å². The van der Waals surface area contributed by atoms with Crippen LogP contribution in [0.2, 0.25) is 0 Å². The first-order chi connectivity index (χ1) is 13.3. The molecule has 6 nitrogen and oxygen atoms in total. The van der Waals surface area contributed by atoms with E-state index in [1.54, 1.807) is 0 Å². The van der Waals surface area contributed by atoms with E-state index in [0.29, 0.717) is 5.82 Å². The Kier molecular flexibility index (Phi) is 5.62. The Hall–Kier alpha value is -3.36. The number of benzene rings is 2. The lowest BCUT2D eigenvalue weighted by Crippen LogP contribution is -2.06. The fourth-order valence-electron chi connectivity index (χ4n) is 2.36. The zero-order valence-electron chi connectivity index (χ0n) is 15.2. The Morgan fingerprint density at radius 3 is 2.39 bits per heavy atom. The van der Waals surface area contributed by atoms with Crippen LogP contribution in [0.1, 0.15) is 19.4 Å². The molecule has 9 heteroatoms. The first kappa shape index (κ1) is 19.4. The highest BCUT2D eigenvalue weighted by Gasteiger charge is 2.30. The largest absolute Gasteiger partial charge is 0.491 e. The van der Waals surface area contributed by atoms with E-state index >= 15 is 0 Å². The molecule has 0 aliphatic carbocycles. The van der Waals surface area contributed by atoms with Crippen LogP contribution in [0.3, 0.4) is 0 Å². The van der Waals surface area contributed by atoms with Gasteiger partial charge in [0.15, 0.2) is 5.82 Å². The van der Waals surface area contributed by atoms with Gasteiger partial charge in [0.05, 0.1) is 17.9 Å². The molecule has 0 aliphatic rings. The van der Waals surface area contributed by atoms with Crippen LogP contribution in [0, 0.1) is 0 Å². The number of halogens is 3. The number of hydrogen-bond acceptors (Lipinski definition) is 6. The maximum Gasteiger partial charge on any atom is 0.416 e. The third-order valence-electron chi connectivity index (χ3n) is 3.50. The first-order valence-electron chi connectivity index (χ1n) is 8.47. The molecule has 2 N–H and O–H groups in total. The van der Waals surface area contributed by atoms with Gasteiger partial charge in [-0.15, -0.1) is 5.10 Å². The smallest absolute Gasteiger partial charge is 0.416 e. The number of nitrogens with one attached hydrogen (secondary N) is 2. The zero-order valence-corrected chi connectivity index (χ0v) is 15.2. The van der Waals surface area contributed by atoms with Gasteiger partial charge in [0, 0.05) is 11.4 Å². The molecule has 3 rings (SSSR count). The summed E-state index contributed by atoms with van der Waals surface area (Å²) in [5.74, 6) is 1.21. The fourth-order valence-corrected chi connectivity index (χ4v) is 2.36. The minimum absolute atomic E-state index is 0.0732. The molecule has 1 aromatic heterocycles. The third kappa shape index (κ3) is 5.32. The van der Waals surface area contributed by atoms with Crippen LogP contribution >= 0.6 is 0 Å². The lowest BCUT2D eigenvalue weighted by atomic mass is 10.2. The van der Waals surface area contributed by atoms with E-state index in [1.807, 2.05) is 38.1 Å². The van der Waals surface area contributed by atoms with E-state index in [9.17, 15) is 13.2 Å². The molecular weight excluding hydrogens is 371 g/mol. The summed E-state index contributed by atoms with van der Waals surface area (Å²) in [5.41, 5.74) is 0.203. The van der Waals surface area contributed by atoms with Gasteiger partial charge < -0.3 is 15.4 Å². The third-order valence-corrected chi connectivity index (χ3v) is 3.50. The van der Waals surface area contributed by atoms with Crippen molar-refractivity contribution >= 4 is 23.1 Å². The molecule has 0 radical (unpaired) electrons. The number of ether oxygens (including phenoxy) is 1. The topological polar surface area (TPSA) is 72.0 Å². The highest BCUT2D eigenvalue weighted by Crippen LogP contribution is 2.31. The second-order valence-electron chi connectivity index (χ2n) is 6.18. The van der Waals surface area contributed by atoms with Crippen LogP contribution < -0.4 is 15.4 Å². The van der Waals surface area contributed by atoms with Gasteiger partial charge >= 0.3 is 6.18 Å². The van der Waals surface area contributed by atoms with Gasteiger partial charge in [-0.25, -0.2) is 0 Å². The van der Waals surface area contributed by atoms with Crippen molar-refractivity contribution in [3.05, 3.63) is 60.3 Å². The van der Waals surface area contributed by atoms with Gasteiger partial charge in [-0.1, -0.05) is 6.07 Å². The Morgan fingerprint density at radius 2 is 1.71 bits per heavy atom. The maximum absolute atomic E-state index is 12.8. The van der Waals surface area contributed by atoms with Crippen molar-refractivity contribution in [1.82, 2.24) is 15.2 Å². The van der Waals surface area contributed by atoms with Gasteiger partial charge in [0.25, 0.3) is 0 Å². The lowest BCUT2D eigenvalue weighted by Gasteiger charge is -2.11. The van der Waals surface area contributed by atoms with Crippen LogP contribution in [-0.2, 0) is 6.18 Å². The van der Waals surface area contributed by atoms with E-state index in [1.165, 1.54) is 18.3 Å². The van der Waals surface area contributed by atoms with E-state index in [4.69, 9.17) is 4.74 Å². The molecule has 0 bridgehead atoms. The van der Waals surface area contributed by atoms with E-state index < -0.39 is 11.7 Å². The highest BCUT2D eigenvalue weighted by atomic mass is 19.4. The Balaban J connectivity index is 1.71. The Bertz CT molecular complexity index is 929. The number of aromatic nitrogens is 3. The summed E-state index contributed by atoms with van der Waals surface area (Å²) in [6.45, 7) is 3.88. The molecule has 0 unspecified atom stereocenters. The molecule has 0 saturated carbocycles. The molecule has 2 aromatic carbocycles. The molecule has 0 fully saturated rings. The van der Waals surface area contributed by atoms with Crippen molar-refractivity contribution in [3.8, 4) is 5.75 Å². The predicted octanol–water partition coefficient (Wildman–Crippen LogP) is 5.16. The molecule has 0 spiro atoms. The van der Waals surface area contributed by atoms with E-state index in [-0.39, 0.29) is 17.7 Å². The summed E-state index contributed by atoms with van der Waals surface area (Å²) in [6.07, 6.45) is -2.93. The standard InChI is InChI=1S/C19H18F3N5O/c1-12(2)28-16-8-6-14(7-9-16)24-17-11-23-27-18(26-17)25-15-5-3-4-13(10-15)19(20,21)22/h3-12H,1-2H3,(H2,24,25,26,27). The monoisotopic (exact) mass is 389 g/mol. The van der Waals surface area contributed by atoms with E-state index in [0.717, 1.165) is 23.6 Å². The summed E-state index contributed by atoms with van der Waals surface area (Å²) in [7, 11) is 0. The summed E-state index contributed by atoms with van der Waals surface area (Å²) >= 11 is 0. The van der Waals surface area contributed by atoms with Crippen LogP contribution in [0.25, 0.3) is 0 Å². The number of nitrogens with zero attached hydrogens (tertiary/aromatic N) is 3. The molecule has 3 aromatic rings. The first-order valence-corrected chi connectivity index (χ1v) is 8.47. The van der Waals surface area contributed by atoms with Crippen molar-refractivity contribution in [3.63, 3.8) is 0 Å². The number of hydrogen-bond donors (Lipinski definition) is 2. The SMILES string of the molecule is CC(C)Oc1ccc(Nc2cnnc(Nc3cccc(C(F)(F)F)c3)n2)cc1. The zero-order chi connectivity index (χ0) is 20.1. The molecule has 0 aliphatic heterocycles. The van der Waals surface area contributed by atoms with Gasteiger partial charge in [-0.05, 0) is 56.3 Å². The highest BCUT2D eigenvalue weighted by molar-refractivity contribution is 5.59. The van der Waals surface area contributed by atoms with Gasteiger partial charge in [0.1, 0.15) is 5.75 Å². The van der Waals surface area contributed by atoms with Crippen molar-refractivity contribution in [2.24, 2.45) is 0 Å². The molecule has 0 atom stereocenters. The average Bonchev–Trinajstić information content (AvgIpc) is 2.63. The number of anilines is 4. The van der Waals surface area contributed by atoms with Crippen molar-refractivity contribution < 1.29 is 17.9 Å². The molecule has 146 valence electrons. The summed E-state index contributed by atoms with van der Waals surface area (Å²) < 4.78 is 44.0. The Morgan fingerprint density at radius 1 is 0.964 bits per heavy atom. The minimum Gasteiger partial charge on any atom is -0.491 e. The van der Waals surface area contributed by atoms with Crippen molar-refractivity contribution in [1.29, 1.82) is 0 Å². The second kappa shape index (κ2) is 8.12. The fraction of sp³-hybridized carbons (Fsp3) is 0.211. The average molecular weight is 389 g/mol. The number of rotatable bonds is 6.